The quantitative estimate of drug-likeness (QED) is 0.698. The van der Waals surface area contributed by atoms with Gasteiger partial charge in [0.15, 0.2) is 5.76 Å². The van der Waals surface area contributed by atoms with Crippen LogP contribution in [-0.4, -0.2) is 52.2 Å². The summed E-state index contributed by atoms with van der Waals surface area (Å²) in [6.45, 7) is 2.10. The summed E-state index contributed by atoms with van der Waals surface area (Å²) in [6, 6.07) is 14.3. The molecule has 1 amide bonds. The van der Waals surface area contributed by atoms with Gasteiger partial charge in [0.25, 0.3) is 5.91 Å². The number of benzene rings is 1. The summed E-state index contributed by atoms with van der Waals surface area (Å²) in [4.78, 5) is 16.9. The Bertz CT molecular complexity index is 916. The van der Waals surface area contributed by atoms with Crippen molar-refractivity contribution in [2.24, 2.45) is 0 Å². The van der Waals surface area contributed by atoms with Gasteiger partial charge in [0.05, 0.1) is 6.54 Å². The maximum atomic E-state index is 12.8. The van der Waals surface area contributed by atoms with E-state index in [2.05, 4.69) is 41.3 Å². The van der Waals surface area contributed by atoms with Gasteiger partial charge in [-0.25, -0.2) is 0 Å². The highest BCUT2D eigenvalue weighted by Crippen LogP contribution is 2.22. The van der Waals surface area contributed by atoms with Crippen LogP contribution in [0.15, 0.2) is 59.3 Å². The molecule has 0 aliphatic carbocycles. The molecule has 4 rings (SSSR count). The second-order valence-corrected chi connectivity index (χ2v) is 7.20. The number of aromatic nitrogens is 2. The molecule has 1 aromatic carbocycles. The van der Waals surface area contributed by atoms with Gasteiger partial charge in [0.2, 0.25) is 0 Å². The van der Waals surface area contributed by atoms with Crippen LogP contribution in [0.5, 0.6) is 0 Å². The average molecular weight is 364 g/mol. The fourth-order valence-corrected chi connectivity index (χ4v) is 3.64. The highest BCUT2D eigenvalue weighted by Gasteiger charge is 2.26. The molecule has 6 heteroatoms. The van der Waals surface area contributed by atoms with E-state index >= 15 is 0 Å². The first-order valence-electron chi connectivity index (χ1n) is 9.19. The molecule has 0 saturated carbocycles. The maximum absolute atomic E-state index is 12.8. The van der Waals surface area contributed by atoms with Crippen LogP contribution in [0.4, 0.5) is 0 Å². The number of furan rings is 1. The van der Waals surface area contributed by atoms with Crippen LogP contribution in [0.25, 0.3) is 0 Å². The van der Waals surface area contributed by atoms with E-state index in [1.807, 2.05) is 25.4 Å². The minimum atomic E-state index is -0.0889. The highest BCUT2D eigenvalue weighted by atomic mass is 16.4. The third kappa shape index (κ3) is 3.80. The number of hydrogen-bond donors (Lipinski definition) is 0. The summed E-state index contributed by atoms with van der Waals surface area (Å²) in [5.74, 6) is 1.01. The third-order valence-electron chi connectivity index (χ3n) is 5.20. The van der Waals surface area contributed by atoms with E-state index in [1.165, 1.54) is 11.1 Å². The molecule has 2 aromatic heterocycles. The molecule has 0 N–H and O–H groups in total. The molecule has 0 spiro atoms. The standard InChI is InChI=1S/C21H24N4O2/c1-23-13-17-7-4-3-6-16(17)12-18(23)14-24(2)21(26)20-9-8-19(27-20)15-25-11-5-10-22-25/h3-11,18H,12-15H2,1-2H3. The lowest BCUT2D eigenvalue weighted by Gasteiger charge is -2.36. The average Bonchev–Trinajstić information content (AvgIpc) is 3.34. The van der Waals surface area contributed by atoms with Crippen molar-refractivity contribution in [1.82, 2.24) is 19.6 Å². The minimum absolute atomic E-state index is 0.0889. The predicted molar refractivity (Wildman–Crippen MR) is 102 cm³/mol. The second kappa shape index (κ2) is 7.40. The van der Waals surface area contributed by atoms with E-state index in [1.54, 1.807) is 21.8 Å². The lowest BCUT2D eigenvalue weighted by atomic mass is 9.94. The van der Waals surface area contributed by atoms with Crippen molar-refractivity contribution < 1.29 is 9.21 Å². The van der Waals surface area contributed by atoms with Gasteiger partial charge in [-0.05, 0) is 42.8 Å². The molecule has 0 bridgehead atoms. The Labute approximate surface area is 159 Å². The Morgan fingerprint density at radius 1 is 1.22 bits per heavy atom. The largest absolute Gasteiger partial charge is 0.454 e. The molecular formula is C21H24N4O2. The first-order valence-corrected chi connectivity index (χ1v) is 9.19. The number of amides is 1. The Hall–Kier alpha value is -2.86. The summed E-state index contributed by atoms with van der Waals surface area (Å²) in [5, 5.41) is 4.16. The summed E-state index contributed by atoms with van der Waals surface area (Å²) in [5.41, 5.74) is 2.75. The topological polar surface area (TPSA) is 54.5 Å². The van der Waals surface area contributed by atoms with Crippen molar-refractivity contribution in [3.63, 3.8) is 0 Å². The molecule has 27 heavy (non-hydrogen) atoms. The molecule has 0 fully saturated rings. The van der Waals surface area contributed by atoms with Crippen LogP contribution >= 0.6 is 0 Å². The number of rotatable bonds is 5. The van der Waals surface area contributed by atoms with Gasteiger partial charge in [-0.15, -0.1) is 0 Å². The molecule has 1 atom stereocenters. The molecular weight excluding hydrogens is 340 g/mol. The van der Waals surface area contributed by atoms with Gasteiger partial charge < -0.3 is 9.32 Å². The Kier molecular flexibility index (Phi) is 4.81. The van der Waals surface area contributed by atoms with Gasteiger partial charge >= 0.3 is 0 Å². The minimum Gasteiger partial charge on any atom is -0.454 e. The molecule has 3 heterocycles. The van der Waals surface area contributed by atoms with Crippen molar-refractivity contribution in [3.05, 3.63) is 77.5 Å². The molecule has 6 nitrogen and oxygen atoms in total. The second-order valence-electron chi connectivity index (χ2n) is 7.20. The SMILES string of the molecule is CN(CC1Cc2ccccc2CN1C)C(=O)c1ccc(Cn2cccn2)o1. The van der Waals surface area contributed by atoms with Gasteiger partial charge in [-0.2, -0.15) is 5.10 Å². The third-order valence-corrected chi connectivity index (χ3v) is 5.20. The van der Waals surface area contributed by atoms with Gasteiger partial charge in [0, 0.05) is 38.6 Å². The van der Waals surface area contributed by atoms with E-state index in [0.717, 1.165) is 18.7 Å². The zero-order valence-corrected chi connectivity index (χ0v) is 15.7. The van der Waals surface area contributed by atoms with Crippen LogP contribution in [0, 0.1) is 0 Å². The Morgan fingerprint density at radius 2 is 2.04 bits per heavy atom. The lowest BCUT2D eigenvalue weighted by molar-refractivity contribution is 0.0700. The number of likely N-dealkylation sites (N-methyl/N-ethyl adjacent to an activating group) is 2. The van der Waals surface area contributed by atoms with E-state index in [4.69, 9.17) is 4.42 Å². The number of carbonyl (C=O) groups is 1. The number of carbonyl (C=O) groups excluding carboxylic acids is 1. The number of fused-ring (bicyclic) bond motifs is 1. The first kappa shape index (κ1) is 17.5. The molecule has 1 aliphatic heterocycles. The smallest absolute Gasteiger partial charge is 0.289 e. The Balaban J connectivity index is 1.40. The van der Waals surface area contributed by atoms with E-state index in [-0.39, 0.29) is 5.91 Å². The fraction of sp³-hybridized carbons (Fsp3) is 0.333. The summed E-state index contributed by atoms with van der Waals surface area (Å²) in [7, 11) is 3.96. The van der Waals surface area contributed by atoms with Crippen LogP contribution in [0.2, 0.25) is 0 Å². The van der Waals surface area contributed by atoms with Crippen molar-refractivity contribution in [2.45, 2.75) is 25.6 Å². The predicted octanol–water partition coefficient (Wildman–Crippen LogP) is 2.65. The lowest BCUT2D eigenvalue weighted by Crippen LogP contribution is -2.46. The zero-order valence-electron chi connectivity index (χ0n) is 15.7. The monoisotopic (exact) mass is 364 g/mol. The molecule has 0 radical (unpaired) electrons. The van der Waals surface area contributed by atoms with Crippen LogP contribution in [0.3, 0.4) is 0 Å². The van der Waals surface area contributed by atoms with Crippen LogP contribution < -0.4 is 0 Å². The maximum Gasteiger partial charge on any atom is 0.289 e. The molecule has 140 valence electrons. The summed E-state index contributed by atoms with van der Waals surface area (Å²) >= 11 is 0. The zero-order chi connectivity index (χ0) is 18.8. The highest BCUT2D eigenvalue weighted by molar-refractivity contribution is 5.91. The van der Waals surface area contributed by atoms with Gasteiger partial charge in [0.1, 0.15) is 5.76 Å². The molecule has 1 aliphatic rings. The van der Waals surface area contributed by atoms with E-state index in [9.17, 15) is 4.79 Å². The molecule has 3 aromatic rings. The van der Waals surface area contributed by atoms with E-state index in [0.29, 0.717) is 24.9 Å². The van der Waals surface area contributed by atoms with Crippen molar-refractivity contribution >= 4 is 5.91 Å². The fourth-order valence-electron chi connectivity index (χ4n) is 3.64. The summed E-state index contributed by atoms with van der Waals surface area (Å²) in [6.07, 6.45) is 4.54. The van der Waals surface area contributed by atoms with Crippen molar-refractivity contribution in [3.8, 4) is 0 Å². The van der Waals surface area contributed by atoms with Gasteiger partial charge in [-0.3, -0.25) is 14.4 Å². The molecule has 1 unspecified atom stereocenters. The number of nitrogens with zero attached hydrogens (tertiary/aromatic N) is 4. The normalized spacial score (nSPS) is 16.9. The van der Waals surface area contributed by atoms with Gasteiger partial charge in [-0.1, -0.05) is 24.3 Å². The summed E-state index contributed by atoms with van der Waals surface area (Å²) < 4.78 is 7.52. The number of hydrogen-bond acceptors (Lipinski definition) is 4. The van der Waals surface area contributed by atoms with Crippen LogP contribution in [0.1, 0.15) is 27.4 Å². The first-order chi connectivity index (χ1) is 13.1. The molecule has 0 saturated heterocycles. The van der Waals surface area contributed by atoms with E-state index < -0.39 is 0 Å². The van der Waals surface area contributed by atoms with Crippen LogP contribution in [-0.2, 0) is 19.5 Å². The Morgan fingerprint density at radius 3 is 2.81 bits per heavy atom. The van der Waals surface area contributed by atoms with Crippen molar-refractivity contribution in [2.75, 3.05) is 20.6 Å². The van der Waals surface area contributed by atoms with Crippen molar-refractivity contribution in [1.29, 1.82) is 0 Å².